The van der Waals surface area contributed by atoms with E-state index in [1.54, 1.807) is 18.7 Å². The molecule has 19 heavy (non-hydrogen) atoms. The summed E-state index contributed by atoms with van der Waals surface area (Å²) in [5.74, 6) is -0.902. The van der Waals surface area contributed by atoms with Gasteiger partial charge in [0.25, 0.3) is 0 Å². The molecular formula is C11H24NO6P. The molecule has 2 N–H and O–H groups in total. The van der Waals surface area contributed by atoms with Gasteiger partial charge in [0, 0.05) is 19.6 Å². The number of aliphatic hydroxyl groups excluding tert-OH is 1. The zero-order valence-electron chi connectivity index (χ0n) is 11.6. The smallest absolute Gasteiger partial charge is 0.331 e. The van der Waals surface area contributed by atoms with Gasteiger partial charge in [0.15, 0.2) is 0 Å². The van der Waals surface area contributed by atoms with E-state index in [0.717, 1.165) is 0 Å². The Morgan fingerprint density at radius 3 is 2.16 bits per heavy atom. The van der Waals surface area contributed by atoms with Crippen LogP contribution in [0.3, 0.4) is 0 Å². The van der Waals surface area contributed by atoms with Gasteiger partial charge in [-0.3, -0.25) is 14.3 Å². The number of hydrogen-bond acceptors (Lipinski definition) is 6. The molecular weight excluding hydrogens is 273 g/mol. The summed E-state index contributed by atoms with van der Waals surface area (Å²) in [5, 5.41) is 17.6. The Hall–Kier alpha value is -0.460. The van der Waals surface area contributed by atoms with Crippen LogP contribution >= 0.6 is 7.60 Å². The summed E-state index contributed by atoms with van der Waals surface area (Å²) in [6, 6.07) is 0. The molecule has 0 rings (SSSR count). The van der Waals surface area contributed by atoms with Crippen LogP contribution in [0.5, 0.6) is 0 Å². The zero-order valence-corrected chi connectivity index (χ0v) is 12.5. The monoisotopic (exact) mass is 297 g/mol. The molecule has 0 bridgehead atoms. The number of aliphatic hydroxyl groups is 1. The van der Waals surface area contributed by atoms with Crippen molar-refractivity contribution in [1.82, 2.24) is 4.90 Å². The fraction of sp³-hybridized carbons (Fsp3) is 0.909. The van der Waals surface area contributed by atoms with Crippen LogP contribution in [0.2, 0.25) is 0 Å². The second kappa shape index (κ2) is 10.3. The minimum absolute atomic E-state index is 0.0203. The lowest BCUT2D eigenvalue weighted by Gasteiger charge is -2.23. The molecule has 0 saturated carbocycles. The lowest BCUT2D eigenvalue weighted by molar-refractivity contribution is -0.137. The molecule has 0 fully saturated rings. The van der Waals surface area contributed by atoms with E-state index in [-0.39, 0.29) is 19.2 Å². The number of rotatable bonds is 12. The summed E-state index contributed by atoms with van der Waals surface area (Å²) >= 11 is 0. The predicted molar refractivity (Wildman–Crippen MR) is 71.5 cm³/mol. The Balaban J connectivity index is 4.32. The van der Waals surface area contributed by atoms with Crippen LogP contribution in [0.25, 0.3) is 0 Å². The normalized spacial score (nSPS) is 12.0. The van der Waals surface area contributed by atoms with Crippen molar-refractivity contribution >= 4 is 13.6 Å². The summed E-state index contributed by atoms with van der Waals surface area (Å²) in [6.07, 6.45) is 0.169. The van der Waals surface area contributed by atoms with Crippen LogP contribution in [0.4, 0.5) is 0 Å². The van der Waals surface area contributed by atoms with Crippen LogP contribution in [-0.2, 0) is 18.4 Å². The maximum Gasteiger partial charge on any atom is 0.331 e. The van der Waals surface area contributed by atoms with Crippen molar-refractivity contribution in [2.45, 2.75) is 20.3 Å². The average molecular weight is 297 g/mol. The second-order valence-electron chi connectivity index (χ2n) is 3.88. The topological polar surface area (TPSA) is 96.3 Å². The van der Waals surface area contributed by atoms with Crippen LogP contribution in [0.15, 0.2) is 0 Å². The summed E-state index contributed by atoms with van der Waals surface area (Å²) in [7, 11) is -3.11. The van der Waals surface area contributed by atoms with Crippen molar-refractivity contribution in [2.75, 3.05) is 45.6 Å². The largest absolute Gasteiger partial charge is 0.481 e. The van der Waals surface area contributed by atoms with Crippen molar-refractivity contribution in [3.63, 3.8) is 0 Å². The Morgan fingerprint density at radius 1 is 1.16 bits per heavy atom. The van der Waals surface area contributed by atoms with Gasteiger partial charge >= 0.3 is 13.6 Å². The van der Waals surface area contributed by atoms with E-state index in [0.29, 0.717) is 32.8 Å². The quantitative estimate of drug-likeness (QED) is 0.519. The fourth-order valence-corrected chi connectivity index (χ4v) is 3.20. The first-order valence-corrected chi connectivity index (χ1v) is 8.13. The van der Waals surface area contributed by atoms with E-state index in [1.807, 2.05) is 0 Å². The van der Waals surface area contributed by atoms with E-state index >= 15 is 0 Å². The molecule has 0 aromatic heterocycles. The van der Waals surface area contributed by atoms with Crippen LogP contribution < -0.4 is 0 Å². The predicted octanol–water partition coefficient (Wildman–Crippen LogP) is 1.02. The lowest BCUT2D eigenvalue weighted by Crippen LogP contribution is -2.32. The Kier molecular flexibility index (Phi) is 10.1. The van der Waals surface area contributed by atoms with Gasteiger partial charge in [0.1, 0.15) is 0 Å². The molecule has 0 unspecified atom stereocenters. The first-order chi connectivity index (χ1) is 8.97. The number of carboxylic acids is 1. The highest BCUT2D eigenvalue weighted by Crippen LogP contribution is 2.47. The molecule has 8 heteroatoms. The molecule has 7 nitrogen and oxygen atoms in total. The molecule has 0 radical (unpaired) electrons. The Labute approximate surface area is 114 Å². The summed E-state index contributed by atoms with van der Waals surface area (Å²) in [6.45, 7) is 5.00. The van der Waals surface area contributed by atoms with Crippen molar-refractivity contribution < 1.29 is 28.6 Å². The van der Waals surface area contributed by atoms with E-state index in [2.05, 4.69) is 0 Å². The number of aliphatic carboxylic acids is 1. The first-order valence-electron chi connectivity index (χ1n) is 6.40. The van der Waals surface area contributed by atoms with Crippen LogP contribution in [0, 0.1) is 0 Å². The third-order valence-electron chi connectivity index (χ3n) is 2.40. The minimum Gasteiger partial charge on any atom is -0.481 e. The molecule has 114 valence electrons. The fourth-order valence-electron chi connectivity index (χ4n) is 1.55. The van der Waals surface area contributed by atoms with Crippen molar-refractivity contribution in [3.8, 4) is 0 Å². The molecule has 0 aliphatic rings. The molecule has 0 aromatic rings. The number of carboxylic acid groups (broad SMARTS) is 1. The van der Waals surface area contributed by atoms with Gasteiger partial charge in [-0.2, -0.15) is 0 Å². The van der Waals surface area contributed by atoms with Crippen molar-refractivity contribution in [1.29, 1.82) is 0 Å². The second-order valence-corrected chi connectivity index (χ2v) is 6.06. The van der Waals surface area contributed by atoms with Crippen molar-refractivity contribution in [3.05, 3.63) is 0 Å². The summed E-state index contributed by atoms with van der Waals surface area (Å²) in [4.78, 5) is 12.3. The third-order valence-corrected chi connectivity index (χ3v) is 4.45. The minimum atomic E-state index is -3.11. The van der Waals surface area contributed by atoms with Crippen molar-refractivity contribution in [2.24, 2.45) is 0 Å². The number of carbonyl (C=O) groups is 1. The summed E-state index contributed by atoms with van der Waals surface area (Å²) in [5.41, 5.74) is 0. The van der Waals surface area contributed by atoms with Gasteiger partial charge < -0.3 is 19.3 Å². The third kappa shape index (κ3) is 9.13. The van der Waals surface area contributed by atoms with Gasteiger partial charge in [-0.05, 0) is 13.8 Å². The Bertz CT molecular complexity index is 289. The van der Waals surface area contributed by atoms with Gasteiger partial charge in [0.2, 0.25) is 0 Å². The summed E-state index contributed by atoms with van der Waals surface area (Å²) < 4.78 is 22.5. The highest BCUT2D eigenvalue weighted by Gasteiger charge is 2.24. The highest BCUT2D eigenvalue weighted by atomic mass is 31.2. The maximum atomic E-state index is 12.2. The van der Waals surface area contributed by atoms with Crippen LogP contribution in [0.1, 0.15) is 20.3 Å². The van der Waals surface area contributed by atoms with E-state index in [4.69, 9.17) is 19.3 Å². The van der Waals surface area contributed by atoms with Gasteiger partial charge in [0.05, 0.1) is 32.4 Å². The standard InChI is InChI=1S/C11H24NO6P/c1-3-17-19(16,18-4-2)10-8-12(7-9-13)6-5-11(14)15/h13H,3-10H2,1-2H3,(H,14,15). The van der Waals surface area contributed by atoms with E-state index in [1.165, 1.54) is 0 Å². The van der Waals surface area contributed by atoms with Gasteiger partial charge in [-0.1, -0.05) is 0 Å². The van der Waals surface area contributed by atoms with Gasteiger partial charge in [-0.15, -0.1) is 0 Å². The Morgan fingerprint density at radius 2 is 1.74 bits per heavy atom. The van der Waals surface area contributed by atoms with E-state index < -0.39 is 13.6 Å². The maximum absolute atomic E-state index is 12.2. The molecule has 0 heterocycles. The molecule has 0 aliphatic carbocycles. The SMILES string of the molecule is CCOP(=O)(CCN(CCO)CCC(=O)O)OCC. The number of hydrogen-bond donors (Lipinski definition) is 2. The molecule has 0 aromatic carbocycles. The highest BCUT2D eigenvalue weighted by molar-refractivity contribution is 7.53. The molecule has 0 amide bonds. The molecule has 0 atom stereocenters. The molecule has 0 saturated heterocycles. The zero-order chi connectivity index (χ0) is 14.7. The molecule has 0 aliphatic heterocycles. The average Bonchev–Trinajstić information content (AvgIpc) is 2.33. The van der Waals surface area contributed by atoms with E-state index in [9.17, 15) is 9.36 Å². The van der Waals surface area contributed by atoms with Gasteiger partial charge in [-0.25, -0.2) is 0 Å². The van der Waals surface area contributed by atoms with Crippen LogP contribution in [-0.4, -0.2) is 66.7 Å². The first kappa shape index (κ1) is 18.5. The lowest BCUT2D eigenvalue weighted by atomic mass is 10.4. The number of nitrogens with zero attached hydrogens (tertiary/aromatic N) is 1. The molecule has 0 spiro atoms.